The van der Waals surface area contributed by atoms with E-state index in [2.05, 4.69) is 9.82 Å². The molecule has 0 bridgehead atoms. The maximum absolute atomic E-state index is 12.8. The number of benzene rings is 1. The Morgan fingerprint density at radius 2 is 2.04 bits per heavy atom. The van der Waals surface area contributed by atoms with E-state index in [9.17, 15) is 13.2 Å². The molecule has 1 aromatic heterocycles. The van der Waals surface area contributed by atoms with Crippen molar-refractivity contribution in [3.05, 3.63) is 35.2 Å². The van der Waals surface area contributed by atoms with Crippen LogP contribution in [0.5, 0.6) is 5.75 Å². The van der Waals surface area contributed by atoms with Gasteiger partial charge in [-0.3, -0.25) is 9.40 Å². The van der Waals surface area contributed by atoms with Crippen molar-refractivity contribution in [2.75, 3.05) is 11.8 Å². The summed E-state index contributed by atoms with van der Waals surface area (Å²) in [7, 11) is -2.57. The van der Waals surface area contributed by atoms with Crippen LogP contribution in [0.1, 0.15) is 28.7 Å². The van der Waals surface area contributed by atoms with Crippen molar-refractivity contribution in [3.8, 4) is 5.75 Å². The molecule has 2 N–H and O–H groups in total. The van der Waals surface area contributed by atoms with Crippen LogP contribution in [0.4, 0.5) is 5.69 Å². The third-order valence-corrected chi connectivity index (χ3v) is 5.19. The fourth-order valence-corrected chi connectivity index (χ4v) is 3.97. The van der Waals surface area contributed by atoms with Crippen LogP contribution in [-0.4, -0.2) is 36.4 Å². The average Bonchev–Trinajstić information content (AvgIpc) is 2.81. The van der Waals surface area contributed by atoms with Gasteiger partial charge in [0.2, 0.25) is 0 Å². The molecule has 0 spiro atoms. The lowest BCUT2D eigenvalue weighted by molar-refractivity contribution is 0.0697. The molecule has 0 saturated heterocycles. The summed E-state index contributed by atoms with van der Waals surface area (Å²) in [6, 6.07) is 3.95. The smallest absolute Gasteiger partial charge is 0.335 e. The number of sulfonamides is 1. The van der Waals surface area contributed by atoms with Crippen molar-refractivity contribution in [3.63, 3.8) is 0 Å². The number of hydrogen-bond donors (Lipinski definition) is 2. The Balaban J connectivity index is 2.52. The molecule has 2 rings (SSSR count). The molecule has 0 atom stereocenters. The minimum absolute atomic E-state index is 0.0498. The van der Waals surface area contributed by atoms with Crippen LogP contribution in [-0.2, 0) is 16.6 Å². The van der Waals surface area contributed by atoms with Gasteiger partial charge < -0.3 is 9.84 Å². The van der Waals surface area contributed by atoms with E-state index in [1.54, 1.807) is 18.5 Å². The summed E-state index contributed by atoms with van der Waals surface area (Å²) >= 11 is 0. The van der Waals surface area contributed by atoms with Gasteiger partial charge in [0.15, 0.2) is 0 Å². The summed E-state index contributed by atoms with van der Waals surface area (Å²) < 4.78 is 34.6. The first-order valence-corrected chi connectivity index (χ1v) is 8.67. The molecule has 1 aromatic carbocycles. The third-order valence-electron chi connectivity index (χ3n) is 3.57. The highest BCUT2D eigenvalue weighted by molar-refractivity contribution is 7.92. The van der Waals surface area contributed by atoms with E-state index in [4.69, 9.17) is 9.84 Å². The number of nitrogens with zero attached hydrogens (tertiary/aromatic N) is 2. The molecule has 0 radical (unpaired) electrons. The second-order valence-electron chi connectivity index (χ2n) is 5.14. The van der Waals surface area contributed by atoms with Crippen LogP contribution >= 0.6 is 0 Å². The maximum Gasteiger partial charge on any atom is 0.335 e. The molecule has 2 aromatic rings. The number of carboxylic acid groups (broad SMARTS) is 1. The van der Waals surface area contributed by atoms with E-state index in [1.165, 1.54) is 25.3 Å². The minimum atomic E-state index is -3.95. The lowest BCUT2D eigenvalue weighted by atomic mass is 10.2. The number of nitrogens with one attached hydrogen (secondary N) is 1. The first-order valence-electron chi connectivity index (χ1n) is 7.19. The van der Waals surface area contributed by atoms with Crippen molar-refractivity contribution in [2.45, 2.75) is 32.2 Å². The predicted molar refractivity (Wildman–Crippen MR) is 88.1 cm³/mol. The van der Waals surface area contributed by atoms with Crippen molar-refractivity contribution in [1.82, 2.24) is 9.78 Å². The minimum Gasteiger partial charge on any atom is -0.495 e. The Labute approximate surface area is 140 Å². The molecule has 0 amide bonds. The molecule has 0 aliphatic rings. The Morgan fingerprint density at radius 1 is 1.38 bits per heavy atom. The molecule has 8 nitrogen and oxygen atoms in total. The summed E-state index contributed by atoms with van der Waals surface area (Å²) in [5.41, 5.74) is 0.887. The monoisotopic (exact) mass is 353 g/mol. The summed E-state index contributed by atoms with van der Waals surface area (Å²) in [5, 5.41) is 13.3. The van der Waals surface area contributed by atoms with Crippen LogP contribution in [0, 0.1) is 13.8 Å². The normalized spacial score (nSPS) is 11.3. The lowest BCUT2D eigenvalue weighted by Crippen LogP contribution is -2.16. The average molecular weight is 353 g/mol. The van der Waals surface area contributed by atoms with E-state index in [0.29, 0.717) is 17.9 Å². The highest BCUT2D eigenvalue weighted by atomic mass is 32.2. The number of rotatable bonds is 6. The summed E-state index contributed by atoms with van der Waals surface area (Å²) in [6.45, 7) is 5.68. The summed E-state index contributed by atoms with van der Waals surface area (Å²) in [4.78, 5) is 11.2. The Hall–Kier alpha value is -2.55. The van der Waals surface area contributed by atoms with Crippen molar-refractivity contribution >= 4 is 21.7 Å². The van der Waals surface area contributed by atoms with Crippen LogP contribution in [0.15, 0.2) is 23.1 Å². The van der Waals surface area contributed by atoms with Crippen LogP contribution in [0.3, 0.4) is 0 Å². The van der Waals surface area contributed by atoms with Crippen molar-refractivity contribution in [1.29, 1.82) is 0 Å². The molecule has 0 aliphatic carbocycles. The van der Waals surface area contributed by atoms with Gasteiger partial charge in [0.25, 0.3) is 10.0 Å². The molecular weight excluding hydrogens is 334 g/mol. The number of anilines is 1. The quantitative estimate of drug-likeness (QED) is 0.822. The fourth-order valence-electron chi connectivity index (χ4n) is 2.49. The number of aryl methyl sites for hydroxylation is 2. The molecule has 0 fully saturated rings. The zero-order valence-corrected chi connectivity index (χ0v) is 14.6. The number of carboxylic acids is 1. The van der Waals surface area contributed by atoms with Gasteiger partial charge in [-0.2, -0.15) is 5.10 Å². The van der Waals surface area contributed by atoms with Crippen LogP contribution < -0.4 is 9.46 Å². The SMILES string of the molecule is CCn1nc(C)c(S(=O)(=O)Nc2cc(C(=O)O)ccc2OC)c1C. The highest BCUT2D eigenvalue weighted by Gasteiger charge is 2.25. The van der Waals surface area contributed by atoms with Gasteiger partial charge in [-0.15, -0.1) is 0 Å². The highest BCUT2D eigenvalue weighted by Crippen LogP contribution is 2.29. The fraction of sp³-hybridized carbons (Fsp3) is 0.333. The van der Waals surface area contributed by atoms with Gasteiger partial charge >= 0.3 is 5.97 Å². The van der Waals surface area contributed by atoms with Gasteiger partial charge in [0.05, 0.1) is 29.7 Å². The molecule has 9 heteroatoms. The number of aromatic carboxylic acids is 1. The van der Waals surface area contributed by atoms with E-state index < -0.39 is 16.0 Å². The van der Waals surface area contributed by atoms with Gasteiger partial charge in [-0.25, -0.2) is 13.2 Å². The van der Waals surface area contributed by atoms with Gasteiger partial charge in [0.1, 0.15) is 10.6 Å². The number of hydrogen-bond acceptors (Lipinski definition) is 5. The predicted octanol–water partition coefficient (Wildman–Crippen LogP) is 2.03. The third kappa shape index (κ3) is 3.21. The molecule has 24 heavy (non-hydrogen) atoms. The second-order valence-corrected chi connectivity index (χ2v) is 6.76. The van der Waals surface area contributed by atoms with Crippen LogP contribution in [0.2, 0.25) is 0 Å². The molecule has 1 heterocycles. The van der Waals surface area contributed by atoms with Gasteiger partial charge in [-0.05, 0) is 39.0 Å². The van der Waals surface area contributed by atoms with E-state index in [-0.39, 0.29) is 21.9 Å². The second kappa shape index (κ2) is 6.52. The van der Waals surface area contributed by atoms with E-state index >= 15 is 0 Å². The number of methoxy groups -OCH3 is 1. The summed E-state index contributed by atoms with van der Waals surface area (Å²) in [5.74, 6) is -0.939. The number of carbonyl (C=O) groups is 1. The molecule has 0 aliphatic heterocycles. The number of ether oxygens (including phenoxy) is 1. The van der Waals surface area contributed by atoms with E-state index in [1.807, 2.05) is 6.92 Å². The van der Waals surface area contributed by atoms with Gasteiger partial charge in [0, 0.05) is 6.54 Å². The lowest BCUT2D eigenvalue weighted by Gasteiger charge is -2.13. The standard InChI is InChI=1S/C15H19N3O5S/c1-5-18-10(3)14(9(2)16-18)24(21,22)17-12-8-11(15(19)20)6-7-13(12)23-4/h6-8,17H,5H2,1-4H3,(H,19,20). The van der Waals surface area contributed by atoms with Crippen LogP contribution in [0.25, 0.3) is 0 Å². The largest absolute Gasteiger partial charge is 0.495 e. The summed E-state index contributed by atoms with van der Waals surface area (Å²) in [6.07, 6.45) is 0. The Kier molecular flexibility index (Phi) is 4.83. The number of aromatic nitrogens is 2. The zero-order valence-electron chi connectivity index (χ0n) is 13.8. The zero-order chi connectivity index (χ0) is 18.1. The molecule has 0 saturated carbocycles. The van der Waals surface area contributed by atoms with Crippen molar-refractivity contribution < 1.29 is 23.1 Å². The molecule has 0 unspecified atom stereocenters. The molecule has 130 valence electrons. The Morgan fingerprint density at radius 3 is 2.54 bits per heavy atom. The first-order chi connectivity index (χ1) is 11.2. The van der Waals surface area contributed by atoms with Gasteiger partial charge in [-0.1, -0.05) is 0 Å². The molecular formula is C15H19N3O5S. The first kappa shape index (κ1) is 17.8. The van der Waals surface area contributed by atoms with Crippen molar-refractivity contribution in [2.24, 2.45) is 0 Å². The topological polar surface area (TPSA) is 111 Å². The van der Waals surface area contributed by atoms with E-state index in [0.717, 1.165) is 0 Å². The maximum atomic E-state index is 12.8. The Bertz CT molecular complexity index is 887.